The molecule has 0 radical (unpaired) electrons. The standard InChI is InChI=1S/C23H18N2O5S2/c1-29-18-8-2-15(3-9-18)12-13-24-22(26)21(32-23(24)31)14-19-10-11-20(30-19)16-4-6-17(7-5-16)25(27)28/h2-11,14H,12-13H2,1H3. The average Bonchev–Trinajstić information content (AvgIpc) is 3.37. The summed E-state index contributed by atoms with van der Waals surface area (Å²) in [6.45, 7) is 0.487. The van der Waals surface area contributed by atoms with Gasteiger partial charge >= 0.3 is 0 Å². The highest BCUT2D eigenvalue weighted by atomic mass is 32.2. The van der Waals surface area contributed by atoms with Gasteiger partial charge in [-0.15, -0.1) is 0 Å². The van der Waals surface area contributed by atoms with Gasteiger partial charge in [0, 0.05) is 30.3 Å². The van der Waals surface area contributed by atoms with Crippen molar-refractivity contribution in [1.82, 2.24) is 4.90 Å². The largest absolute Gasteiger partial charge is 0.497 e. The highest BCUT2D eigenvalue weighted by Gasteiger charge is 2.32. The first kappa shape index (κ1) is 21.8. The fourth-order valence-corrected chi connectivity index (χ4v) is 4.48. The Labute approximate surface area is 193 Å². The summed E-state index contributed by atoms with van der Waals surface area (Å²) in [6.07, 6.45) is 2.34. The molecule has 1 aliphatic heterocycles. The normalized spacial score (nSPS) is 14.9. The van der Waals surface area contributed by atoms with E-state index in [9.17, 15) is 14.9 Å². The van der Waals surface area contributed by atoms with E-state index in [-0.39, 0.29) is 11.6 Å². The van der Waals surface area contributed by atoms with E-state index in [2.05, 4.69) is 0 Å². The number of amides is 1. The van der Waals surface area contributed by atoms with Crippen LogP contribution in [0.25, 0.3) is 17.4 Å². The lowest BCUT2D eigenvalue weighted by molar-refractivity contribution is -0.384. The van der Waals surface area contributed by atoms with Crippen molar-refractivity contribution in [2.24, 2.45) is 0 Å². The molecule has 7 nitrogen and oxygen atoms in total. The molecule has 1 aliphatic rings. The second-order valence-corrected chi connectivity index (χ2v) is 8.61. The van der Waals surface area contributed by atoms with Crippen molar-refractivity contribution in [3.05, 3.63) is 87.0 Å². The van der Waals surface area contributed by atoms with E-state index < -0.39 is 4.92 Å². The van der Waals surface area contributed by atoms with Crippen LogP contribution in [-0.4, -0.2) is 33.7 Å². The Morgan fingerprint density at radius 1 is 1.12 bits per heavy atom. The van der Waals surface area contributed by atoms with Crippen LogP contribution in [0.2, 0.25) is 0 Å². The minimum atomic E-state index is -0.450. The number of hydrogen-bond acceptors (Lipinski definition) is 7. The Hall–Kier alpha value is -3.43. The lowest BCUT2D eigenvalue weighted by Crippen LogP contribution is -2.30. The summed E-state index contributed by atoms with van der Waals surface area (Å²) >= 11 is 6.64. The second-order valence-electron chi connectivity index (χ2n) is 6.94. The first-order chi connectivity index (χ1) is 15.4. The van der Waals surface area contributed by atoms with Crippen LogP contribution in [0.5, 0.6) is 5.75 Å². The number of carbonyl (C=O) groups excluding carboxylic acids is 1. The van der Waals surface area contributed by atoms with Crippen LogP contribution >= 0.6 is 24.0 Å². The molecule has 1 aromatic heterocycles. The van der Waals surface area contributed by atoms with Crippen molar-refractivity contribution in [3.63, 3.8) is 0 Å². The molecule has 0 unspecified atom stereocenters. The Balaban J connectivity index is 1.43. The van der Waals surface area contributed by atoms with Crippen molar-refractivity contribution in [2.45, 2.75) is 6.42 Å². The van der Waals surface area contributed by atoms with Gasteiger partial charge in [0.25, 0.3) is 11.6 Å². The number of nitro groups is 1. The zero-order valence-corrected chi connectivity index (χ0v) is 18.7. The van der Waals surface area contributed by atoms with Crippen LogP contribution < -0.4 is 4.74 Å². The molecule has 32 heavy (non-hydrogen) atoms. The van der Waals surface area contributed by atoms with E-state index in [1.54, 1.807) is 42.4 Å². The van der Waals surface area contributed by atoms with Gasteiger partial charge in [-0.2, -0.15) is 0 Å². The number of benzene rings is 2. The molecule has 4 rings (SSSR count). The van der Waals surface area contributed by atoms with Gasteiger partial charge in [0.1, 0.15) is 21.6 Å². The van der Waals surface area contributed by atoms with E-state index in [0.717, 1.165) is 11.3 Å². The van der Waals surface area contributed by atoms with E-state index in [1.165, 1.54) is 23.9 Å². The molecule has 0 bridgehead atoms. The van der Waals surface area contributed by atoms with Gasteiger partial charge in [0.05, 0.1) is 16.9 Å². The number of hydrogen-bond donors (Lipinski definition) is 0. The predicted molar refractivity (Wildman–Crippen MR) is 127 cm³/mol. The predicted octanol–water partition coefficient (Wildman–Crippen LogP) is 5.31. The number of carbonyl (C=O) groups is 1. The third kappa shape index (κ3) is 4.74. The number of thiocarbonyl (C=S) groups is 1. The average molecular weight is 467 g/mol. The van der Waals surface area contributed by atoms with Gasteiger partial charge in [-0.3, -0.25) is 19.8 Å². The van der Waals surface area contributed by atoms with Gasteiger partial charge in [-0.1, -0.05) is 36.1 Å². The molecule has 0 atom stereocenters. The summed E-state index contributed by atoms with van der Waals surface area (Å²) in [7, 11) is 1.62. The van der Waals surface area contributed by atoms with Crippen LogP contribution in [0, 0.1) is 10.1 Å². The molecule has 1 saturated heterocycles. The number of nitro benzene ring substituents is 1. The third-order valence-corrected chi connectivity index (χ3v) is 6.30. The van der Waals surface area contributed by atoms with Crippen LogP contribution in [0.1, 0.15) is 11.3 Å². The number of furan rings is 1. The van der Waals surface area contributed by atoms with Gasteiger partial charge in [-0.25, -0.2) is 0 Å². The maximum atomic E-state index is 12.8. The monoisotopic (exact) mass is 466 g/mol. The molecule has 2 aromatic carbocycles. The van der Waals surface area contributed by atoms with Gasteiger partial charge in [-0.05, 0) is 48.4 Å². The van der Waals surface area contributed by atoms with Gasteiger partial charge < -0.3 is 9.15 Å². The SMILES string of the molecule is COc1ccc(CCN2C(=O)C(=Cc3ccc(-c4ccc([N+](=O)[O-])cc4)o3)SC2=S)cc1. The minimum Gasteiger partial charge on any atom is -0.497 e. The molecule has 1 amide bonds. The summed E-state index contributed by atoms with van der Waals surface area (Å²) in [6, 6.07) is 17.3. The molecule has 2 heterocycles. The summed E-state index contributed by atoms with van der Waals surface area (Å²) < 4.78 is 11.5. The molecular weight excluding hydrogens is 448 g/mol. The number of rotatable bonds is 7. The van der Waals surface area contributed by atoms with Gasteiger partial charge in [0.15, 0.2) is 0 Å². The van der Waals surface area contributed by atoms with Crippen molar-refractivity contribution in [2.75, 3.05) is 13.7 Å². The van der Waals surface area contributed by atoms with Crippen LogP contribution in [0.3, 0.4) is 0 Å². The van der Waals surface area contributed by atoms with E-state index in [0.29, 0.717) is 39.3 Å². The molecule has 9 heteroatoms. The van der Waals surface area contributed by atoms with E-state index in [4.69, 9.17) is 21.4 Å². The number of methoxy groups -OCH3 is 1. The molecule has 0 saturated carbocycles. The lowest BCUT2D eigenvalue weighted by atomic mass is 10.1. The van der Waals surface area contributed by atoms with E-state index in [1.807, 2.05) is 24.3 Å². The zero-order chi connectivity index (χ0) is 22.7. The highest BCUT2D eigenvalue weighted by Crippen LogP contribution is 2.34. The van der Waals surface area contributed by atoms with Crippen molar-refractivity contribution in [1.29, 1.82) is 0 Å². The summed E-state index contributed by atoms with van der Waals surface area (Å²) in [5, 5.41) is 10.8. The molecule has 0 spiro atoms. The third-order valence-electron chi connectivity index (χ3n) is 4.92. The number of non-ortho nitro benzene ring substituents is 1. The zero-order valence-electron chi connectivity index (χ0n) is 17.0. The molecule has 0 N–H and O–H groups in total. The Morgan fingerprint density at radius 3 is 2.50 bits per heavy atom. The Bertz CT molecular complexity index is 1200. The number of thioether (sulfide) groups is 1. The quantitative estimate of drug-likeness (QED) is 0.202. The fourth-order valence-electron chi connectivity index (χ4n) is 3.19. The van der Waals surface area contributed by atoms with Crippen LogP contribution in [0.15, 0.2) is 70.0 Å². The maximum absolute atomic E-state index is 12.8. The lowest BCUT2D eigenvalue weighted by Gasteiger charge is -2.14. The molecule has 1 fully saturated rings. The van der Waals surface area contributed by atoms with Crippen LogP contribution in [0.4, 0.5) is 5.69 Å². The summed E-state index contributed by atoms with van der Waals surface area (Å²) in [5.74, 6) is 1.70. The molecule has 162 valence electrons. The molecule has 3 aromatic rings. The number of ether oxygens (including phenoxy) is 1. The summed E-state index contributed by atoms with van der Waals surface area (Å²) in [4.78, 5) is 25.3. The fraction of sp³-hybridized carbons (Fsp3) is 0.130. The van der Waals surface area contributed by atoms with Gasteiger partial charge in [0.2, 0.25) is 0 Å². The minimum absolute atomic E-state index is 0.0128. The van der Waals surface area contributed by atoms with E-state index >= 15 is 0 Å². The topological polar surface area (TPSA) is 85.8 Å². The maximum Gasteiger partial charge on any atom is 0.269 e. The molecule has 0 aliphatic carbocycles. The van der Waals surface area contributed by atoms with Crippen molar-refractivity contribution < 1.29 is 18.9 Å². The highest BCUT2D eigenvalue weighted by molar-refractivity contribution is 8.26. The molecular formula is C23H18N2O5S2. The first-order valence-electron chi connectivity index (χ1n) is 9.67. The van der Waals surface area contributed by atoms with Crippen LogP contribution in [-0.2, 0) is 11.2 Å². The second kappa shape index (κ2) is 9.37. The van der Waals surface area contributed by atoms with Crippen molar-refractivity contribution >= 4 is 46.0 Å². The summed E-state index contributed by atoms with van der Waals surface area (Å²) in [5.41, 5.74) is 1.81. The number of nitrogens with zero attached hydrogens (tertiary/aromatic N) is 2. The first-order valence-corrected chi connectivity index (χ1v) is 10.9. The Morgan fingerprint density at radius 2 is 1.84 bits per heavy atom. The van der Waals surface area contributed by atoms with Crippen molar-refractivity contribution in [3.8, 4) is 17.1 Å². The Kier molecular flexibility index (Phi) is 6.38. The smallest absolute Gasteiger partial charge is 0.269 e.